The number of pyridine rings is 2. The van der Waals surface area contributed by atoms with Crippen LogP contribution in [0.4, 0.5) is 14.7 Å². The number of aromatic amines is 1. The first kappa shape index (κ1) is 19.6. The molecule has 0 aliphatic heterocycles. The van der Waals surface area contributed by atoms with Gasteiger partial charge in [-0.15, -0.1) is 0 Å². The molecule has 2 N–H and O–H groups in total. The smallest absolute Gasteiger partial charge is 0.247 e. The van der Waals surface area contributed by atoms with E-state index in [1.165, 1.54) is 31.3 Å². The van der Waals surface area contributed by atoms with E-state index in [2.05, 4.69) is 25.3 Å². The highest BCUT2D eigenvalue weighted by Crippen LogP contribution is 2.30. The van der Waals surface area contributed by atoms with Gasteiger partial charge in [0.15, 0.2) is 0 Å². The van der Waals surface area contributed by atoms with E-state index in [9.17, 15) is 13.6 Å². The molecule has 0 amide bonds. The highest BCUT2D eigenvalue weighted by atomic mass is 19.1. The lowest BCUT2D eigenvalue weighted by Gasteiger charge is -2.30. The van der Waals surface area contributed by atoms with Gasteiger partial charge in [-0.1, -0.05) is 6.92 Å². The predicted octanol–water partition coefficient (Wildman–Crippen LogP) is 3.48. The van der Waals surface area contributed by atoms with E-state index >= 15 is 0 Å². The van der Waals surface area contributed by atoms with Gasteiger partial charge in [0.25, 0.3) is 0 Å². The van der Waals surface area contributed by atoms with Crippen molar-refractivity contribution in [1.82, 2.24) is 19.9 Å². The zero-order valence-corrected chi connectivity index (χ0v) is 15.6. The van der Waals surface area contributed by atoms with E-state index in [1.807, 2.05) is 0 Å². The number of aromatic nitrogens is 4. The summed E-state index contributed by atoms with van der Waals surface area (Å²) in [6.07, 6.45) is 5.27. The fourth-order valence-electron chi connectivity index (χ4n) is 3.14. The van der Waals surface area contributed by atoms with Gasteiger partial charge in [0.1, 0.15) is 5.82 Å². The van der Waals surface area contributed by atoms with Crippen molar-refractivity contribution in [2.24, 2.45) is 0 Å². The Kier molecular flexibility index (Phi) is 5.77. The summed E-state index contributed by atoms with van der Waals surface area (Å²) in [6, 6.07) is 5.92. The van der Waals surface area contributed by atoms with Crippen LogP contribution >= 0.6 is 0 Å². The predicted molar refractivity (Wildman–Crippen MR) is 103 cm³/mol. The molecule has 3 aromatic rings. The third-order valence-corrected chi connectivity index (χ3v) is 4.47. The Bertz CT molecular complexity index is 970. The van der Waals surface area contributed by atoms with Crippen molar-refractivity contribution >= 4 is 5.95 Å². The number of H-pyrrole nitrogens is 1. The van der Waals surface area contributed by atoms with Crippen molar-refractivity contribution in [2.45, 2.75) is 31.9 Å². The fourth-order valence-corrected chi connectivity index (χ4v) is 3.14. The maximum absolute atomic E-state index is 14.3. The lowest BCUT2D eigenvalue weighted by atomic mass is 9.81. The maximum atomic E-state index is 14.3. The SMILES string of the molecule is C[C@@H](F)C[C@](C)(CNc1ncc(-c2ccc(=O)[nH]c2)cn1)c1ncccc1F. The highest BCUT2D eigenvalue weighted by Gasteiger charge is 2.33. The van der Waals surface area contributed by atoms with Crippen LogP contribution in [0.25, 0.3) is 11.1 Å². The lowest BCUT2D eigenvalue weighted by Crippen LogP contribution is -2.36. The molecule has 3 heterocycles. The number of anilines is 1. The number of nitrogens with zero attached hydrogens (tertiary/aromatic N) is 3. The molecule has 0 aliphatic rings. The minimum atomic E-state index is -1.13. The Morgan fingerprint density at radius 2 is 1.93 bits per heavy atom. The van der Waals surface area contributed by atoms with Gasteiger partial charge in [0.2, 0.25) is 11.5 Å². The second-order valence-corrected chi connectivity index (χ2v) is 6.97. The van der Waals surface area contributed by atoms with Gasteiger partial charge in [-0.3, -0.25) is 9.78 Å². The van der Waals surface area contributed by atoms with Gasteiger partial charge in [-0.25, -0.2) is 18.7 Å². The van der Waals surface area contributed by atoms with Crippen molar-refractivity contribution in [3.63, 3.8) is 0 Å². The average Bonchev–Trinajstić information content (AvgIpc) is 2.67. The quantitative estimate of drug-likeness (QED) is 0.651. The number of hydrogen-bond acceptors (Lipinski definition) is 5. The van der Waals surface area contributed by atoms with Gasteiger partial charge in [-0.05, 0) is 31.5 Å². The van der Waals surface area contributed by atoms with Crippen LogP contribution in [-0.4, -0.2) is 32.7 Å². The van der Waals surface area contributed by atoms with E-state index in [4.69, 9.17) is 0 Å². The molecule has 0 aromatic carbocycles. The van der Waals surface area contributed by atoms with Crippen LogP contribution in [-0.2, 0) is 5.41 Å². The Labute approximate surface area is 161 Å². The van der Waals surface area contributed by atoms with E-state index in [1.54, 1.807) is 31.6 Å². The summed E-state index contributed by atoms with van der Waals surface area (Å²) in [6.45, 7) is 3.41. The minimum absolute atomic E-state index is 0.101. The molecule has 3 rings (SSSR count). The normalized spacial score (nSPS) is 14.3. The molecule has 0 aliphatic carbocycles. The fraction of sp³-hybridized carbons (Fsp3) is 0.300. The Hall–Kier alpha value is -3.16. The van der Waals surface area contributed by atoms with Gasteiger partial charge >= 0.3 is 0 Å². The first-order valence-corrected chi connectivity index (χ1v) is 8.87. The van der Waals surface area contributed by atoms with Crippen LogP contribution in [0.1, 0.15) is 26.0 Å². The Balaban J connectivity index is 1.77. The molecule has 0 unspecified atom stereocenters. The van der Waals surface area contributed by atoms with Crippen LogP contribution < -0.4 is 10.9 Å². The number of halogens is 2. The first-order valence-electron chi connectivity index (χ1n) is 8.87. The monoisotopic (exact) mass is 385 g/mol. The Morgan fingerprint density at radius 3 is 2.54 bits per heavy atom. The van der Waals surface area contributed by atoms with Crippen LogP contribution in [0.3, 0.4) is 0 Å². The summed E-state index contributed by atoms with van der Waals surface area (Å²) in [5.41, 5.74) is 0.652. The molecule has 0 bridgehead atoms. The van der Waals surface area contributed by atoms with Crippen molar-refractivity contribution < 1.29 is 8.78 Å². The lowest BCUT2D eigenvalue weighted by molar-refractivity contribution is 0.267. The summed E-state index contributed by atoms with van der Waals surface area (Å²) < 4.78 is 28.0. The second kappa shape index (κ2) is 8.24. The standard InChI is InChI=1S/C20H21F2N5O/c1-13(21)8-20(2,18-16(22)4-3-7-23-18)12-27-19-25-10-15(11-26-19)14-5-6-17(28)24-9-14/h3-7,9-11,13H,8,12H2,1-2H3,(H,24,28)(H,25,26,27)/t13-,20-/m1/s1. The van der Waals surface area contributed by atoms with Crippen molar-refractivity contribution in [3.05, 3.63) is 70.9 Å². The van der Waals surface area contributed by atoms with Crippen LogP contribution in [0.5, 0.6) is 0 Å². The molecule has 6 nitrogen and oxygen atoms in total. The topological polar surface area (TPSA) is 83.6 Å². The molecule has 3 aromatic heterocycles. The van der Waals surface area contributed by atoms with Gasteiger partial charge in [0, 0.05) is 53.9 Å². The van der Waals surface area contributed by atoms with E-state index in [-0.39, 0.29) is 24.2 Å². The van der Waals surface area contributed by atoms with Crippen molar-refractivity contribution in [2.75, 3.05) is 11.9 Å². The van der Waals surface area contributed by atoms with Gasteiger partial charge < -0.3 is 10.3 Å². The third-order valence-electron chi connectivity index (χ3n) is 4.47. The highest BCUT2D eigenvalue weighted by molar-refractivity contribution is 5.60. The summed E-state index contributed by atoms with van der Waals surface area (Å²) in [5, 5.41) is 3.05. The number of alkyl halides is 1. The molecule has 28 heavy (non-hydrogen) atoms. The maximum Gasteiger partial charge on any atom is 0.247 e. The molecule has 0 radical (unpaired) electrons. The summed E-state index contributed by atoms with van der Waals surface area (Å²) >= 11 is 0. The summed E-state index contributed by atoms with van der Waals surface area (Å²) in [5.74, 6) is -0.135. The van der Waals surface area contributed by atoms with Crippen LogP contribution in [0, 0.1) is 5.82 Å². The second-order valence-electron chi connectivity index (χ2n) is 6.97. The first-order chi connectivity index (χ1) is 13.4. The summed E-state index contributed by atoms with van der Waals surface area (Å²) in [7, 11) is 0. The molecule has 0 spiro atoms. The summed E-state index contributed by atoms with van der Waals surface area (Å²) in [4.78, 5) is 26.4. The van der Waals surface area contributed by atoms with Gasteiger partial charge in [0.05, 0.1) is 11.9 Å². The molecular weight excluding hydrogens is 364 g/mol. The minimum Gasteiger partial charge on any atom is -0.353 e. The molecule has 0 saturated heterocycles. The van der Waals surface area contributed by atoms with E-state index in [0.29, 0.717) is 5.95 Å². The largest absolute Gasteiger partial charge is 0.353 e. The van der Waals surface area contributed by atoms with Crippen molar-refractivity contribution in [3.8, 4) is 11.1 Å². The molecule has 146 valence electrons. The van der Waals surface area contributed by atoms with Crippen molar-refractivity contribution in [1.29, 1.82) is 0 Å². The van der Waals surface area contributed by atoms with Crippen LogP contribution in [0.15, 0.2) is 53.8 Å². The Morgan fingerprint density at radius 1 is 1.18 bits per heavy atom. The molecule has 0 fully saturated rings. The van der Waals surface area contributed by atoms with E-state index < -0.39 is 17.4 Å². The molecule has 8 heteroatoms. The van der Waals surface area contributed by atoms with Gasteiger partial charge in [-0.2, -0.15) is 0 Å². The van der Waals surface area contributed by atoms with E-state index in [0.717, 1.165) is 11.1 Å². The number of nitrogens with one attached hydrogen (secondary N) is 2. The zero-order valence-electron chi connectivity index (χ0n) is 15.6. The van der Waals surface area contributed by atoms with Crippen LogP contribution in [0.2, 0.25) is 0 Å². The number of hydrogen-bond donors (Lipinski definition) is 2. The third kappa shape index (κ3) is 4.57. The zero-order chi connectivity index (χ0) is 20.1. The molecule has 2 atom stereocenters. The molecular formula is C20H21F2N5O. The average molecular weight is 385 g/mol. The molecule has 0 saturated carbocycles. The number of rotatable bonds is 7.